The number of aryl methyl sites for hydroxylation is 2. The largest absolute Gasteiger partial charge is 0.465 e. The van der Waals surface area contributed by atoms with Crippen molar-refractivity contribution in [2.24, 2.45) is 17.8 Å². The molecule has 0 radical (unpaired) electrons. The van der Waals surface area contributed by atoms with Crippen LogP contribution in [0.2, 0.25) is 0 Å². The van der Waals surface area contributed by atoms with Crippen molar-refractivity contribution in [3.05, 3.63) is 54.6 Å². The van der Waals surface area contributed by atoms with Gasteiger partial charge in [0.05, 0.1) is 35.8 Å². The normalized spacial score (nSPS) is 28.2. The van der Waals surface area contributed by atoms with Crippen molar-refractivity contribution in [1.82, 2.24) is 4.90 Å². The van der Waals surface area contributed by atoms with Gasteiger partial charge in [-0.2, -0.15) is 0 Å². The van der Waals surface area contributed by atoms with Gasteiger partial charge < -0.3 is 19.6 Å². The molecule has 0 aliphatic carbocycles. The molecule has 3 heterocycles. The number of hydrogen-bond acceptors (Lipinski definition) is 6. The molecule has 8 heteroatoms. The number of fused-ring (bicyclic) bond motifs is 1. The summed E-state index contributed by atoms with van der Waals surface area (Å²) in [5, 5.41) is 10.5. The minimum atomic E-state index is -0.802. The molecule has 0 saturated carbocycles. The Balaban J connectivity index is 1.80. The molecule has 3 aliphatic heterocycles. The first-order valence-electron chi connectivity index (χ1n) is 14.5. The number of para-hydroxylation sites is 1. The summed E-state index contributed by atoms with van der Waals surface area (Å²) in [5.74, 6) is -2.02. The summed E-state index contributed by atoms with van der Waals surface area (Å²) in [4.78, 5) is 46.1. The van der Waals surface area contributed by atoms with Gasteiger partial charge >= 0.3 is 5.97 Å². The SMILES string of the molecule is C=CCCCOC(=O)[C@@H]1[C@@H]2CCC3(S2)C(C(=O)N(CC=C)c2c(C)cccc2C)N([C@@H](CO)[C@@H](C)CC)C(=O)[C@H]13. The monoisotopic (exact) mass is 568 g/mol. The van der Waals surface area contributed by atoms with Crippen LogP contribution in [0.1, 0.15) is 57.1 Å². The van der Waals surface area contributed by atoms with E-state index < -0.39 is 28.7 Å². The first-order chi connectivity index (χ1) is 19.2. The smallest absolute Gasteiger partial charge is 0.310 e. The van der Waals surface area contributed by atoms with Crippen LogP contribution in [-0.2, 0) is 19.1 Å². The van der Waals surface area contributed by atoms with Crippen molar-refractivity contribution in [3.8, 4) is 0 Å². The van der Waals surface area contributed by atoms with Crippen LogP contribution in [0.5, 0.6) is 0 Å². The zero-order valence-electron chi connectivity index (χ0n) is 24.3. The molecule has 1 aromatic carbocycles. The van der Waals surface area contributed by atoms with E-state index in [0.29, 0.717) is 19.4 Å². The number of esters is 1. The third-order valence-electron chi connectivity index (χ3n) is 9.17. The molecule has 218 valence electrons. The number of carbonyl (C=O) groups excluding carboxylic acids is 3. The van der Waals surface area contributed by atoms with Gasteiger partial charge in [-0.3, -0.25) is 14.4 Å². The highest BCUT2D eigenvalue weighted by Gasteiger charge is 2.75. The molecule has 4 rings (SSSR count). The summed E-state index contributed by atoms with van der Waals surface area (Å²) < 4.78 is 4.93. The highest BCUT2D eigenvalue weighted by Crippen LogP contribution is 2.67. The van der Waals surface area contributed by atoms with Crippen LogP contribution in [0.15, 0.2) is 43.5 Å². The van der Waals surface area contributed by atoms with E-state index in [1.807, 2.05) is 45.9 Å². The van der Waals surface area contributed by atoms with Crippen molar-refractivity contribution in [1.29, 1.82) is 0 Å². The van der Waals surface area contributed by atoms with Crippen LogP contribution >= 0.6 is 11.8 Å². The van der Waals surface area contributed by atoms with Gasteiger partial charge in [-0.15, -0.1) is 24.9 Å². The van der Waals surface area contributed by atoms with E-state index in [9.17, 15) is 19.5 Å². The van der Waals surface area contributed by atoms with Gasteiger partial charge in [0, 0.05) is 17.5 Å². The summed E-state index contributed by atoms with van der Waals surface area (Å²) in [6.45, 7) is 16.0. The maximum atomic E-state index is 14.8. The number of hydrogen-bond donors (Lipinski definition) is 1. The average molecular weight is 569 g/mol. The van der Waals surface area contributed by atoms with Gasteiger partial charge in [-0.25, -0.2) is 0 Å². The van der Waals surface area contributed by atoms with Crippen LogP contribution < -0.4 is 4.90 Å². The van der Waals surface area contributed by atoms with Crippen LogP contribution in [0.3, 0.4) is 0 Å². The minimum absolute atomic E-state index is 0.0287. The molecule has 3 aliphatic rings. The topological polar surface area (TPSA) is 87.2 Å². The quantitative estimate of drug-likeness (QED) is 0.208. The third kappa shape index (κ3) is 5.02. The molecule has 40 heavy (non-hydrogen) atoms. The molecule has 3 saturated heterocycles. The molecule has 1 N–H and O–H groups in total. The van der Waals surface area contributed by atoms with E-state index in [1.165, 1.54) is 0 Å². The predicted octanol–water partition coefficient (Wildman–Crippen LogP) is 4.83. The molecule has 0 aromatic heterocycles. The first kappa shape index (κ1) is 30.4. The molecule has 2 amide bonds. The second kappa shape index (κ2) is 12.5. The molecular formula is C32H44N2O5S. The highest BCUT2D eigenvalue weighted by atomic mass is 32.2. The number of anilines is 1. The van der Waals surface area contributed by atoms with Crippen LogP contribution in [0.4, 0.5) is 5.69 Å². The number of benzene rings is 1. The first-order valence-corrected chi connectivity index (χ1v) is 15.4. The number of aliphatic hydroxyl groups is 1. The summed E-state index contributed by atoms with van der Waals surface area (Å²) in [6, 6.07) is 4.60. The number of carbonyl (C=O) groups is 3. The Kier molecular flexibility index (Phi) is 9.51. The van der Waals surface area contributed by atoms with E-state index in [0.717, 1.165) is 36.1 Å². The van der Waals surface area contributed by atoms with E-state index in [-0.39, 0.29) is 42.2 Å². The maximum Gasteiger partial charge on any atom is 0.310 e. The van der Waals surface area contributed by atoms with Gasteiger partial charge in [0.15, 0.2) is 0 Å². The van der Waals surface area contributed by atoms with Gasteiger partial charge in [-0.05, 0) is 56.6 Å². The lowest BCUT2D eigenvalue weighted by Crippen LogP contribution is -2.59. The number of thioether (sulfide) groups is 1. The van der Waals surface area contributed by atoms with E-state index >= 15 is 0 Å². The lowest BCUT2D eigenvalue weighted by Gasteiger charge is -2.41. The number of aliphatic hydroxyl groups excluding tert-OH is 1. The van der Waals surface area contributed by atoms with Crippen molar-refractivity contribution in [2.45, 2.75) is 81.9 Å². The number of allylic oxidation sites excluding steroid dienone is 1. The molecule has 3 fully saturated rings. The van der Waals surface area contributed by atoms with Crippen LogP contribution in [-0.4, -0.2) is 69.6 Å². The standard InChI is InChI=1S/C32H44N2O5S/c1-7-10-11-18-39-31(38)25-24-15-16-32(40-24)26(25)29(36)34(23(19-35)20(4)9-3)28(32)30(37)33(17-8-2)27-21(5)13-12-14-22(27)6/h7-8,12-14,20,23-26,28,35H,1-2,9-11,15-19H2,3-6H3/t20-,23-,24-,25+,26-,28?,32?/m0/s1. The van der Waals surface area contributed by atoms with Crippen LogP contribution in [0, 0.1) is 31.6 Å². The Morgan fingerprint density at radius 1 is 1.27 bits per heavy atom. The Bertz CT molecular complexity index is 1130. The summed E-state index contributed by atoms with van der Waals surface area (Å²) in [6.07, 6.45) is 7.09. The molecule has 7 atom stereocenters. The number of ether oxygens (including phenoxy) is 1. The zero-order chi connectivity index (χ0) is 29.2. The summed E-state index contributed by atoms with van der Waals surface area (Å²) >= 11 is 1.63. The fourth-order valence-electron chi connectivity index (χ4n) is 7.11. The number of amides is 2. The maximum absolute atomic E-state index is 14.8. The van der Waals surface area contributed by atoms with Crippen molar-refractivity contribution in [3.63, 3.8) is 0 Å². The highest BCUT2D eigenvalue weighted by molar-refractivity contribution is 8.02. The summed E-state index contributed by atoms with van der Waals surface area (Å²) in [7, 11) is 0. The molecule has 2 unspecified atom stereocenters. The van der Waals surface area contributed by atoms with Gasteiger partial charge in [0.1, 0.15) is 6.04 Å². The van der Waals surface area contributed by atoms with E-state index in [1.54, 1.807) is 33.7 Å². The van der Waals surface area contributed by atoms with Crippen LogP contribution in [0.25, 0.3) is 0 Å². The van der Waals surface area contributed by atoms with Crippen molar-refractivity contribution < 1.29 is 24.2 Å². The Morgan fingerprint density at radius 2 is 1.98 bits per heavy atom. The lowest BCUT2D eigenvalue weighted by molar-refractivity contribution is -0.154. The van der Waals surface area contributed by atoms with E-state index in [2.05, 4.69) is 13.2 Å². The second-order valence-corrected chi connectivity index (χ2v) is 13.1. The third-order valence-corrected chi connectivity index (χ3v) is 11.1. The summed E-state index contributed by atoms with van der Waals surface area (Å²) in [5.41, 5.74) is 2.75. The number of unbranched alkanes of at least 4 members (excludes halogenated alkanes) is 1. The Hall–Kier alpha value is -2.58. The number of nitrogens with zero attached hydrogens (tertiary/aromatic N) is 2. The molecule has 1 aromatic rings. The van der Waals surface area contributed by atoms with Gasteiger partial charge in [0.2, 0.25) is 5.91 Å². The molecule has 7 nitrogen and oxygen atoms in total. The van der Waals surface area contributed by atoms with Crippen molar-refractivity contribution >= 4 is 35.2 Å². The lowest BCUT2D eigenvalue weighted by atomic mass is 9.71. The minimum Gasteiger partial charge on any atom is -0.465 e. The Labute approximate surface area is 243 Å². The zero-order valence-corrected chi connectivity index (χ0v) is 25.1. The predicted molar refractivity (Wildman–Crippen MR) is 160 cm³/mol. The molecular weight excluding hydrogens is 524 g/mol. The second-order valence-electron chi connectivity index (χ2n) is 11.5. The Morgan fingerprint density at radius 3 is 2.58 bits per heavy atom. The van der Waals surface area contributed by atoms with E-state index in [4.69, 9.17) is 4.74 Å². The number of likely N-dealkylation sites (tertiary alicyclic amines) is 1. The molecule has 2 bridgehead atoms. The fraction of sp³-hybridized carbons (Fsp3) is 0.594. The fourth-order valence-corrected chi connectivity index (χ4v) is 9.29. The molecule has 1 spiro atoms. The van der Waals surface area contributed by atoms with Gasteiger partial charge in [-0.1, -0.05) is 50.6 Å². The average Bonchev–Trinajstić information content (AvgIpc) is 3.58. The van der Waals surface area contributed by atoms with Crippen molar-refractivity contribution in [2.75, 3.05) is 24.7 Å². The van der Waals surface area contributed by atoms with Gasteiger partial charge in [0.25, 0.3) is 5.91 Å². The number of rotatable bonds is 13.